The number of anilines is 1. The van der Waals surface area contributed by atoms with E-state index in [1.54, 1.807) is 61.1 Å². The van der Waals surface area contributed by atoms with Gasteiger partial charge in [-0.2, -0.15) is 0 Å². The molecule has 178 valence electrons. The Balaban J connectivity index is 1.39. The fourth-order valence-corrected chi connectivity index (χ4v) is 5.49. The number of hydrogen-bond donors (Lipinski definition) is 1. The van der Waals surface area contributed by atoms with Gasteiger partial charge in [0.05, 0.1) is 29.1 Å². The van der Waals surface area contributed by atoms with E-state index in [9.17, 15) is 13.2 Å². The van der Waals surface area contributed by atoms with Crippen LogP contribution >= 0.6 is 0 Å². The summed E-state index contributed by atoms with van der Waals surface area (Å²) in [4.78, 5) is 17.4. The predicted molar refractivity (Wildman–Crippen MR) is 132 cm³/mol. The third-order valence-electron chi connectivity index (χ3n) is 5.86. The second-order valence-corrected chi connectivity index (χ2v) is 10.1. The van der Waals surface area contributed by atoms with Gasteiger partial charge in [-0.05, 0) is 42.8 Å². The van der Waals surface area contributed by atoms with Crippen molar-refractivity contribution in [2.45, 2.75) is 24.5 Å². The molecule has 0 fully saturated rings. The highest BCUT2D eigenvalue weighted by Gasteiger charge is 2.37. The Morgan fingerprint density at radius 2 is 1.74 bits per heavy atom. The summed E-state index contributed by atoms with van der Waals surface area (Å²) in [5.41, 5.74) is 3.14. The van der Waals surface area contributed by atoms with Crippen molar-refractivity contribution in [3.05, 3.63) is 103 Å². The maximum absolute atomic E-state index is 13.5. The fraction of sp³-hybridized carbons (Fsp3) is 0.154. The Bertz CT molecular complexity index is 1450. The van der Waals surface area contributed by atoms with Crippen LogP contribution in [0.25, 0.3) is 5.69 Å². The van der Waals surface area contributed by atoms with E-state index in [1.807, 2.05) is 42.0 Å². The lowest BCUT2D eigenvalue weighted by Gasteiger charge is -2.34. The van der Waals surface area contributed by atoms with Crippen molar-refractivity contribution in [1.82, 2.24) is 14.9 Å². The van der Waals surface area contributed by atoms with E-state index in [0.717, 1.165) is 16.8 Å². The van der Waals surface area contributed by atoms with Crippen LogP contribution in [0.5, 0.6) is 5.75 Å². The molecule has 5 rings (SSSR count). The maximum atomic E-state index is 13.5. The van der Waals surface area contributed by atoms with Gasteiger partial charge in [-0.1, -0.05) is 48.0 Å². The number of carbonyl (C=O) groups is 1. The number of benzene rings is 3. The van der Waals surface area contributed by atoms with E-state index in [0.29, 0.717) is 11.4 Å². The molecule has 0 saturated carbocycles. The van der Waals surface area contributed by atoms with Crippen molar-refractivity contribution in [3.8, 4) is 11.4 Å². The number of nitrogens with zero attached hydrogens (tertiary/aromatic N) is 3. The quantitative estimate of drug-likeness (QED) is 0.449. The molecule has 35 heavy (non-hydrogen) atoms. The van der Waals surface area contributed by atoms with E-state index in [2.05, 4.69) is 10.3 Å². The number of para-hydroxylation sites is 3. The summed E-state index contributed by atoms with van der Waals surface area (Å²) in [6.07, 6.45) is 4.20. The van der Waals surface area contributed by atoms with E-state index >= 15 is 0 Å². The van der Waals surface area contributed by atoms with Crippen molar-refractivity contribution >= 4 is 21.6 Å². The predicted octanol–water partition coefficient (Wildman–Crippen LogP) is 3.45. The molecule has 0 radical (unpaired) electrons. The second-order valence-electron chi connectivity index (χ2n) is 8.24. The first kappa shape index (κ1) is 22.7. The van der Waals surface area contributed by atoms with E-state index < -0.39 is 22.0 Å². The van der Waals surface area contributed by atoms with Crippen LogP contribution in [0, 0.1) is 6.92 Å². The number of fused-ring (bicyclic) bond motifs is 1. The van der Waals surface area contributed by atoms with Crippen molar-refractivity contribution in [3.63, 3.8) is 0 Å². The first-order valence-corrected chi connectivity index (χ1v) is 12.6. The van der Waals surface area contributed by atoms with Crippen LogP contribution < -0.4 is 14.4 Å². The smallest absolute Gasteiger partial charge is 0.264 e. The molecule has 8 nitrogen and oxygen atoms in total. The van der Waals surface area contributed by atoms with E-state index in [-0.39, 0.29) is 18.0 Å². The highest BCUT2D eigenvalue weighted by molar-refractivity contribution is 7.92. The number of amides is 1. The molecule has 1 amide bonds. The number of aromatic nitrogens is 2. The Labute approximate surface area is 203 Å². The summed E-state index contributed by atoms with van der Waals surface area (Å²) in [6.45, 7) is 2.01. The van der Waals surface area contributed by atoms with Crippen LogP contribution in [-0.4, -0.2) is 36.5 Å². The van der Waals surface area contributed by atoms with Gasteiger partial charge in [-0.15, -0.1) is 0 Å². The molecule has 1 N–H and O–H groups in total. The molecule has 4 aromatic rings. The van der Waals surface area contributed by atoms with E-state index in [1.165, 1.54) is 4.31 Å². The lowest BCUT2D eigenvalue weighted by molar-refractivity contribution is -0.127. The average Bonchev–Trinajstić information content (AvgIpc) is 3.42. The topological polar surface area (TPSA) is 93.5 Å². The Morgan fingerprint density at radius 3 is 2.49 bits per heavy atom. The van der Waals surface area contributed by atoms with Crippen LogP contribution in [0.15, 0.2) is 96.4 Å². The summed E-state index contributed by atoms with van der Waals surface area (Å²) in [5.74, 6) is -0.0579. The fourth-order valence-electron chi connectivity index (χ4n) is 4.01. The molecule has 9 heteroatoms. The molecule has 1 aliphatic rings. The highest BCUT2D eigenvalue weighted by atomic mass is 32.2. The molecule has 1 aliphatic heterocycles. The normalized spacial score (nSPS) is 15.2. The van der Waals surface area contributed by atoms with Crippen LogP contribution in [0.2, 0.25) is 0 Å². The number of aryl methyl sites for hydroxylation is 1. The monoisotopic (exact) mass is 488 g/mol. The number of imidazole rings is 1. The number of hydrogen-bond acceptors (Lipinski definition) is 5. The van der Waals surface area contributed by atoms with Crippen LogP contribution in [0.1, 0.15) is 11.1 Å². The minimum atomic E-state index is -3.90. The largest absolute Gasteiger partial charge is 0.476 e. The summed E-state index contributed by atoms with van der Waals surface area (Å²) in [6, 6.07) is 21.1. The Kier molecular flexibility index (Phi) is 6.00. The Morgan fingerprint density at radius 1 is 1.03 bits per heavy atom. The van der Waals surface area contributed by atoms with Gasteiger partial charge >= 0.3 is 0 Å². The SMILES string of the molecule is Cc1ccc(S(=O)(=O)N2CC(C(=O)NCc3ccccc3-n3ccnc3)Oc3ccccc32)cc1. The molecule has 3 aromatic carbocycles. The summed E-state index contributed by atoms with van der Waals surface area (Å²) >= 11 is 0. The van der Waals surface area contributed by atoms with Gasteiger partial charge in [0.15, 0.2) is 6.10 Å². The zero-order valence-corrected chi connectivity index (χ0v) is 19.9. The maximum Gasteiger partial charge on any atom is 0.264 e. The third kappa shape index (κ3) is 4.50. The van der Waals surface area contributed by atoms with Crippen LogP contribution in [0.3, 0.4) is 0 Å². The molecule has 1 unspecified atom stereocenters. The third-order valence-corrected chi connectivity index (χ3v) is 7.66. The molecular formula is C26H24N4O4S. The molecular weight excluding hydrogens is 464 g/mol. The van der Waals surface area contributed by atoms with Crippen LogP contribution in [0.4, 0.5) is 5.69 Å². The molecule has 0 saturated heterocycles. The van der Waals surface area contributed by atoms with Gasteiger partial charge in [-0.25, -0.2) is 13.4 Å². The number of rotatable bonds is 6. The van der Waals surface area contributed by atoms with Crippen molar-refractivity contribution < 1.29 is 17.9 Å². The number of ether oxygens (including phenoxy) is 1. The summed E-state index contributed by atoms with van der Waals surface area (Å²) < 4.78 is 36.1. The van der Waals surface area contributed by atoms with Gasteiger partial charge in [-0.3, -0.25) is 9.10 Å². The lowest BCUT2D eigenvalue weighted by Crippen LogP contribution is -2.50. The number of carbonyl (C=O) groups excluding carboxylic acids is 1. The minimum absolute atomic E-state index is 0.137. The number of nitrogens with one attached hydrogen (secondary N) is 1. The first-order chi connectivity index (χ1) is 16.9. The number of sulfonamides is 1. The van der Waals surface area contributed by atoms with Gasteiger partial charge in [0.2, 0.25) is 0 Å². The van der Waals surface area contributed by atoms with Gasteiger partial charge in [0, 0.05) is 18.9 Å². The van der Waals surface area contributed by atoms with Crippen LogP contribution in [-0.2, 0) is 21.4 Å². The standard InChI is InChI=1S/C26H24N4O4S/c1-19-10-12-21(13-11-19)35(32,33)30-17-25(34-24-9-5-4-8-23(24)30)26(31)28-16-20-6-2-3-7-22(20)29-15-14-27-18-29/h2-15,18,25H,16-17H2,1H3,(H,28,31). The molecule has 0 spiro atoms. The first-order valence-electron chi connectivity index (χ1n) is 11.1. The second kappa shape index (κ2) is 9.27. The minimum Gasteiger partial charge on any atom is -0.476 e. The van der Waals surface area contributed by atoms with Crippen molar-refractivity contribution in [1.29, 1.82) is 0 Å². The molecule has 1 atom stereocenters. The van der Waals surface area contributed by atoms with Gasteiger partial charge < -0.3 is 14.6 Å². The van der Waals surface area contributed by atoms with Gasteiger partial charge in [0.25, 0.3) is 15.9 Å². The Hall–Kier alpha value is -4.11. The van der Waals surface area contributed by atoms with Gasteiger partial charge in [0.1, 0.15) is 5.75 Å². The van der Waals surface area contributed by atoms with E-state index in [4.69, 9.17) is 4.74 Å². The summed E-state index contributed by atoms with van der Waals surface area (Å²) in [7, 11) is -3.90. The molecule has 2 heterocycles. The van der Waals surface area contributed by atoms with Crippen molar-refractivity contribution in [2.24, 2.45) is 0 Å². The zero-order chi connectivity index (χ0) is 24.4. The highest BCUT2D eigenvalue weighted by Crippen LogP contribution is 2.36. The zero-order valence-electron chi connectivity index (χ0n) is 19.0. The summed E-state index contributed by atoms with van der Waals surface area (Å²) in [5, 5.41) is 2.90. The molecule has 0 bridgehead atoms. The lowest BCUT2D eigenvalue weighted by atomic mass is 10.1. The average molecular weight is 489 g/mol. The molecule has 1 aromatic heterocycles. The van der Waals surface area contributed by atoms with Crippen molar-refractivity contribution in [2.75, 3.05) is 10.8 Å². The molecule has 0 aliphatic carbocycles.